The van der Waals surface area contributed by atoms with Crippen molar-refractivity contribution >= 4 is 29.7 Å². The molecule has 0 unspecified atom stereocenters. The molecular formula is C27H32N4O7. The molecule has 2 aromatic carbocycles. The van der Waals surface area contributed by atoms with Crippen LogP contribution in [0.25, 0.3) is 0 Å². The summed E-state index contributed by atoms with van der Waals surface area (Å²) in [5.74, 6) is -4.64. The summed E-state index contributed by atoms with van der Waals surface area (Å²) >= 11 is 0. The third-order valence-corrected chi connectivity index (χ3v) is 6.36. The second kappa shape index (κ2) is 13.3. The van der Waals surface area contributed by atoms with Crippen molar-refractivity contribution in [2.24, 2.45) is 5.73 Å². The Hall–Kier alpha value is -4.25. The molecule has 1 aliphatic heterocycles. The Morgan fingerprint density at radius 1 is 0.868 bits per heavy atom. The predicted molar refractivity (Wildman–Crippen MR) is 137 cm³/mol. The number of carbonyl (C=O) groups excluding carboxylic acids is 3. The molecule has 11 heteroatoms. The van der Waals surface area contributed by atoms with Gasteiger partial charge in [0, 0.05) is 13.0 Å². The Morgan fingerprint density at radius 3 is 2.00 bits per heavy atom. The van der Waals surface area contributed by atoms with E-state index in [2.05, 4.69) is 10.6 Å². The van der Waals surface area contributed by atoms with Crippen LogP contribution in [0.15, 0.2) is 60.7 Å². The normalized spacial score (nSPS) is 17.2. The lowest BCUT2D eigenvalue weighted by atomic mass is 10.0. The van der Waals surface area contributed by atoms with Crippen LogP contribution >= 0.6 is 0 Å². The molecule has 0 bridgehead atoms. The van der Waals surface area contributed by atoms with Crippen LogP contribution in [0.4, 0.5) is 0 Å². The average Bonchev–Trinajstić information content (AvgIpc) is 3.38. The molecule has 11 nitrogen and oxygen atoms in total. The molecule has 1 heterocycles. The Bertz CT molecular complexity index is 1140. The van der Waals surface area contributed by atoms with Crippen molar-refractivity contribution in [2.75, 3.05) is 6.54 Å². The van der Waals surface area contributed by atoms with E-state index in [1.165, 1.54) is 4.90 Å². The van der Waals surface area contributed by atoms with Crippen LogP contribution in [-0.2, 0) is 36.8 Å². The molecule has 2 aromatic rings. The van der Waals surface area contributed by atoms with Crippen LogP contribution in [-0.4, -0.2) is 75.5 Å². The number of likely N-dealkylation sites (tertiary alicyclic amines) is 1. The molecule has 0 aliphatic carbocycles. The molecule has 6 N–H and O–H groups in total. The number of rotatable bonds is 12. The summed E-state index contributed by atoms with van der Waals surface area (Å²) in [6, 6.07) is 13.7. The van der Waals surface area contributed by atoms with E-state index < -0.39 is 60.2 Å². The zero-order valence-corrected chi connectivity index (χ0v) is 20.8. The molecule has 38 heavy (non-hydrogen) atoms. The quantitative estimate of drug-likeness (QED) is 0.263. The zero-order valence-electron chi connectivity index (χ0n) is 20.8. The van der Waals surface area contributed by atoms with Crippen LogP contribution in [0.1, 0.15) is 30.4 Å². The summed E-state index contributed by atoms with van der Waals surface area (Å²) in [7, 11) is 0. The van der Waals surface area contributed by atoms with Crippen LogP contribution in [0, 0.1) is 0 Å². The molecule has 0 radical (unpaired) electrons. The van der Waals surface area contributed by atoms with Crippen molar-refractivity contribution in [3.63, 3.8) is 0 Å². The summed E-state index contributed by atoms with van der Waals surface area (Å²) in [6.07, 6.45) is 0.392. The fourth-order valence-electron chi connectivity index (χ4n) is 4.44. The van der Waals surface area contributed by atoms with Gasteiger partial charge in [-0.3, -0.25) is 19.2 Å². The van der Waals surface area contributed by atoms with Crippen LogP contribution in [0.2, 0.25) is 0 Å². The van der Waals surface area contributed by atoms with Crippen molar-refractivity contribution in [3.05, 3.63) is 71.8 Å². The van der Waals surface area contributed by atoms with Gasteiger partial charge in [-0.25, -0.2) is 4.79 Å². The summed E-state index contributed by atoms with van der Waals surface area (Å²) in [5.41, 5.74) is 7.79. The number of nitrogens with two attached hydrogens (primary N) is 1. The maximum atomic E-state index is 13.7. The summed E-state index contributed by atoms with van der Waals surface area (Å²) in [4.78, 5) is 63.3. The molecule has 4 atom stereocenters. The Labute approximate surface area is 220 Å². The fraction of sp³-hybridized carbons (Fsp3) is 0.370. The van der Waals surface area contributed by atoms with Crippen molar-refractivity contribution < 1.29 is 34.2 Å². The van der Waals surface area contributed by atoms with Gasteiger partial charge < -0.3 is 31.5 Å². The molecule has 0 spiro atoms. The number of nitrogens with zero attached hydrogens (tertiary/aromatic N) is 1. The summed E-state index contributed by atoms with van der Waals surface area (Å²) in [5, 5.41) is 23.2. The lowest BCUT2D eigenvalue weighted by molar-refractivity contribution is -0.148. The lowest BCUT2D eigenvalue weighted by Gasteiger charge is -2.30. The van der Waals surface area contributed by atoms with Crippen LogP contribution in [0.3, 0.4) is 0 Å². The molecule has 3 amide bonds. The average molecular weight is 525 g/mol. The maximum Gasteiger partial charge on any atom is 0.326 e. The second-order valence-corrected chi connectivity index (χ2v) is 9.23. The van der Waals surface area contributed by atoms with Crippen LogP contribution in [0.5, 0.6) is 0 Å². The maximum absolute atomic E-state index is 13.7. The van der Waals surface area contributed by atoms with E-state index in [0.29, 0.717) is 6.42 Å². The van der Waals surface area contributed by atoms with Crippen molar-refractivity contribution in [2.45, 2.75) is 56.3 Å². The fourth-order valence-corrected chi connectivity index (χ4v) is 4.44. The first-order valence-corrected chi connectivity index (χ1v) is 12.3. The molecule has 3 rings (SSSR count). The Balaban J connectivity index is 1.76. The number of nitrogens with one attached hydrogen (secondary N) is 2. The zero-order chi connectivity index (χ0) is 27.7. The van der Waals surface area contributed by atoms with Gasteiger partial charge in [-0.2, -0.15) is 0 Å². The number of carbonyl (C=O) groups is 5. The second-order valence-electron chi connectivity index (χ2n) is 9.23. The van der Waals surface area contributed by atoms with Gasteiger partial charge in [-0.15, -0.1) is 0 Å². The van der Waals surface area contributed by atoms with E-state index in [1.54, 1.807) is 12.1 Å². The molecule has 1 aliphatic rings. The highest BCUT2D eigenvalue weighted by Gasteiger charge is 2.39. The first-order chi connectivity index (χ1) is 18.2. The van der Waals surface area contributed by atoms with E-state index in [4.69, 9.17) is 10.8 Å². The first kappa shape index (κ1) is 28.3. The number of carboxylic acid groups (broad SMARTS) is 2. The lowest BCUT2D eigenvalue weighted by Crippen LogP contribution is -2.57. The van der Waals surface area contributed by atoms with Crippen LogP contribution < -0.4 is 16.4 Å². The first-order valence-electron chi connectivity index (χ1n) is 12.3. The highest BCUT2D eigenvalue weighted by Crippen LogP contribution is 2.20. The van der Waals surface area contributed by atoms with Crippen molar-refractivity contribution in [3.8, 4) is 0 Å². The van der Waals surface area contributed by atoms with Gasteiger partial charge in [0.1, 0.15) is 18.1 Å². The standard InChI is InChI=1S/C27H32N4O7/c28-19(14-17-8-3-1-4-9-17)24(34)29-20(15-18-10-5-2-6-11-18)26(36)31-13-7-12-22(31)25(35)30-21(27(37)38)16-23(32)33/h1-6,8-11,19-22H,7,12-16,28H2,(H,29,34)(H,30,35)(H,32,33)(H,37,38)/t19-,20-,21-,22-/m0/s1. The van der Waals surface area contributed by atoms with Gasteiger partial charge in [0.2, 0.25) is 17.7 Å². The van der Waals surface area contributed by atoms with Crippen molar-refractivity contribution in [1.82, 2.24) is 15.5 Å². The molecule has 0 saturated carbocycles. The largest absolute Gasteiger partial charge is 0.481 e. The number of benzene rings is 2. The van der Waals surface area contributed by atoms with Crippen molar-refractivity contribution in [1.29, 1.82) is 0 Å². The van der Waals surface area contributed by atoms with Gasteiger partial charge in [0.15, 0.2) is 0 Å². The van der Waals surface area contributed by atoms with E-state index in [0.717, 1.165) is 11.1 Å². The minimum absolute atomic E-state index is 0.158. The third-order valence-electron chi connectivity index (χ3n) is 6.36. The van der Waals surface area contributed by atoms with Gasteiger partial charge in [0.05, 0.1) is 12.5 Å². The van der Waals surface area contributed by atoms with Gasteiger partial charge in [0.25, 0.3) is 0 Å². The minimum atomic E-state index is -1.63. The van der Waals surface area contributed by atoms with Gasteiger partial charge >= 0.3 is 11.9 Å². The molecule has 1 fully saturated rings. The number of carboxylic acids is 2. The van der Waals surface area contributed by atoms with Gasteiger partial charge in [-0.1, -0.05) is 60.7 Å². The highest BCUT2D eigenvalue weighted by molar-refractivity contribution is 5.95. The Kier molecular flexibility index (Phi) is 9.94. The van der Waals surface area contributed by atoms with Gasteiger partial charge in [-0.05, 0) is 30.4 Å². The number of aliphatic carboxylic acids is 2. The van der Waals surface area contributed by atoms with E-state index in [1.807, 2.05) is 48.5 Å². The molecular weight excluding hydrogens is 492 g/mol. The highest BCUT2D eigenvalue weighted by atomic mass is 16.4. The smallest absolute Gasteiger partial charge is 0.326 e. The molecule has 0 aromatic heterocycles. The van der Waals surface area contributed by atoms with E-state index in [9.17, 15) is 29.1 Å². The SMILES string of the molecule is N[C@@H](Cc1ccccc1)C(=O)N[C@@H](Cc1ccccc1)C(=O)N1CCC[C@H]1C(=O)N[C@@H](CC(=O)O)C(=O)O. The Morgan fingerprint density at radius 2 is 1.45 bits per heavy atom. The summed E-state index contributed by atoms with van der Waals surface area (Å²) in [6.45, 7) is 0.227. The molecule has 1 saturated heterocycles. The summed E-state index contributed by atoms with van der Waals surface area (Å²) < 4.78 is 0. The third kappa shape index (κ3) is 7.87. The van der Waals surface area contributed by atoms with E-state index in [-0.39, 0.29) is 25.8 Å². The number of hydrogen-bond acceptors (Lipinski definition) is 6. The topological polar surface area (TPSA) is 179 Å². The predicted octanol–water partition coefficient (Wildman–Crippen LogP) is 0.319. The minimum Gasteiger partial charge on any atom is -0.481 e. The van der Waals surface area contributed by atoms with E-state index >= 15 is 0 Å². The monoisotopic (exact) mass is 524 g/mol. The molecule has 202 valence electrons. The number of amides is 3. The number of hydrogen-bond donors (Lipinski definition) is 5.